The maximum Gasteiger partial charge on any atom is 0.272 e. The van der Waals surface area contributed by atoms with Gasteiger partial charge in [0.2, 0.25) is 0 Å². The molecule has 0 aliphatic heterocycles. The van der Waals surface area contributed by atoms with Gasteiger partial charge in [-0.2, -0.15) is 0 Å². The third-order valence-corrected chi connectivity index (χ3v) is 5.73. The lowest BCUT2D eigenvalue weighted by Crippen LogP contribution is -2.67. The van der Waals surface area contributed by atoms with Gasteiger partial charge < -0.3 is 4.79 Å². The Labute approximate surface area is 144 Å². The minimum Gasteiger partial charge on any atom is -0.303 e. The molecule has 3 saturated carbocycles. The molecule has 2 unspecified atom stereocenters. The highest BCUT2D eigenvalue weighted by Crippen LogP contribution is 2.76. The summed E-state index contributed by atoms with van der Waals surface area (Å²) in [6.45, 7) is 7.30. The molecule has 2 atom stereocenters. The number of carbonyl (C=O) groups excluding carboxylic acids is 1. The summed E-state index contributed by atoms with van der Waals surface area (Å²) in [4.78, 5) is 13.9. The van der Waals surface area contributed by atoms with Gasteiger partial charge in [-0.3, -0.25) is 4.98 Å². The predicted octanol–water partition coefficient (Wildman–Crippen LogP) is 5.40. The normalized spacial score (nSPS) is 31.5. The van der Waals surface area contributed by atoms with Crippen molar-refractivity contribution in [2.45, 2.75) is 65.7 Å². The molecule has 0 amide bonds. The summed E-state index contributed by atoms with van der Waals surface area (Å²) in [6, 6.07) is 2.86. The molecule has 0 N–H and O–H groups in total. The maximum atomic E-state index is 12.7. The highest BCUT2D eigenvalue weighted by atomic mass is 19.3. The fourth-order valence-electron chi connectivity index (χ4n) is 4.70. The van der Waals surface area contributed by atoms with E-state index in [4.69, 9.17) is 0 Å². The Bertz CT molecular complexity index is 538. The number of rotatable bonds is 4. The van der Waals surface area contributed by atoms with Crippen LogP contribution in [0.5, 0.6) is 0 Å². The van der Waals surface area contributed by atoms with Crippen molar-refractivity contribution >= 4 is 6.29 Å². The Balaban J connectivity index is 0.000000173. The number of aryl methyl sites for hydroxylation is 1. The molecule has 3 aliphatic rings. The highest BCUT2D eigenvalue weighted by Gasteiger charge is 2.68. The van der Waals surface area contributed by atoms with E-state index in [1.54, 1.807) is 19.3 Å². The number of aromatic nitrogens is 1. The summed E-state index contributed by atoms with van der Waals surface area (Å²) in [7, 11) is 0. The van der Waals surface area contributed by atoms with Gasteiger partial charge in [0, 0.05) is 30.8 Å². The van der Waals surface area contributed by atoms with E-state index in [9.17, 15) is 13.6 Å². The summed E-state index contributed by atoms with van der Waals surface area (Å²) in [5.41, 5.74) is 1.44. The lowest BCUT2D eigenvalue weighted by Gasteiger charge is -2.75. The third-order valence-electron chi connectivity index (χ3n) is 5.73. The minimum absolute atomic E-state index is 0.104. The van der Waals surface area contributed by atoms with Crippen LogP contribution in [0.3, 0.4) is 0 Å². The number of alkyl halides is 2. The van der Waals surface area contributed by atoms with Gasteiger partial charge in [-0.15, -0.1) is 0 Å². The minimum atomic E-state index is -2.85. The Morgan fingerprint density at radius 1 is 1.29 bits per heavy atom. The fourth-order valence-corrected chi connectivity index (χ4v) is 4.70. The zero-order valence-electron chi connectivity index (χ0n) is 15.2. The first-order valence-electron chi connectivity index (χ1n) is 9.10. The molecule has 134 valence electrons. The predicted molar refractivity (Wildman–Crippen MR) is 92.0 cm³/mol. The fraction of sp³-hybridized carbons (Fsp3) is 0.700. The Kier molecular flexibility index (Phi) is 5.77. The van der Waals surface area contributed by atoms with Crippen molar-refractivity contribution in [2.24, 2.45) is 23.2 Å². The van der Waals surface area contributed by atoms with Crippen LogP contribution in [0.1, 0.15) is 64.6 Å². The number of hydrogen-bond donors (Lipinski definition) is 0. The average molecular weight is 337 g/mol. The van der Waals surface area contributed by atoms with Crippen molar-refractivity contribution in [1.29, 1.82) is 0 Å². The van der Waals surface area contributed by atoms with Crippen molar-refractivity contribution in [1.82, 2.24) is 4.98 Å². The van der Waals surface area contributed by atoms with Crippen molar-refractivity contribution in [3.05, 3.63) is 29.6 Å². The van der Waals surface area contributed by atoms with Crippen LogP contribution in [0.15, 0.2) is 18.3 Å². The first-order chi connectivity index (χ1) is 11.3. The van der Waals surface area contributed by atoms with E-state index in [1.807, 2.05) is 13.8 Å². The van der Waals surface area contributed by atoms with Crippen LogP contribution in [0.25, 0.3) is 0 Å². The number of nitrogens with zero attached hydrogens (tertiary/aromatic N) is 1. The van der Waals surface area contributed by atoms with E-state index in [0.717, 1.165) is 24.8 Å². The van der Waals surface area contributed by atoms with Crippen molar-refractivity contribution in [2.75, 3.05) is 0 Å². The molecule has 0 saturated heterocycles. The van der Waals surface area contributed by atoms with Crippen LogP contribution in [0.4, 0.5) is 8.78 Å². The second-order valence-electron chi connectivity index (χ2n) is 7.48. The summed E-state index contributed by atoms with van der Waals surface area (Å²) in [5.74, 6) is 0.788. The summed E-state index contributed by atoms with van der Waals surface area (Å²) < 4.78 is 25.5. The molecule has 1 aromatic rings. The average Bonchev–Trinajstić information content (AvgIpc) is 2.54. The topological polar surface area (TPSA) is 30.0 Å². The van der Waals surface area contributed by atoms with E-state index < -0.39 is 5.92 Å². The van der Waals surface area contributed by atoms with Crippen molar-refractivity contribution in [3.63, 3.8) is 0 Å². The molecular formula is C20H29F2NO. The summed E-state index contributed by atoms with van der Waals surface area (Å²) in [6.07, 6.45) is 7.56. The first-order valence-corrected chi connectivity index (χ1v) is 9.10. The monoisotopic (exact) mass is 337 g/mol. The van der Waals surface area contributed by atoms with Crippen LogP contribution >= 0.6 is 0 Å². The number of carbonyl (C=O) groups is 1. The van der Waals surface area contributed by atoms with E-state index in [0.29, 0.717) is 18.5 Å². The molecule has 3 aliphatic carbocycles. The Morgan fingerprint density at radius 3 is 2.21 bits per heavy atom. The molecule has 0 bridgehead atoms. The molecule has 2 nitrogen and oxygen atoms in total. The van der Waals surface area contributed by atoms with Crippen LogP contribution in [-0.2, 0) is 17.1 Å². The smallest absolute Gasteiger partial charge is 0.272 e. The quantitative estimate of drug-likeness (QED) is 0.688. The van der Waals surface area contributed by atoms with Gasteiger partial charge >= 0.3 is 0 Å². The van der Waals surface area contributed by atoms with Crippen molar-refractivity contribution in [3.8, 4) is 0 Å². The lowest BCUT2D eigenvalue weighted by molar-refractivity contribution is -0.260. The molecule has 24 heavy (non-hydrogen) atoms. The number of pyridine rings is 1. The number of aldehydes is 1. The lowest BCUT2D eigenvalue weighted by atomic mass is 9.30. The maximum absolute atomic E-state index is 12.7. The van der Waals surface area contributed by atoms with Gasteiger partial charge in [0.05, 0.1) is 0 Å². The van der Waals surface area contributed by atoms with E-state index in [1.165, 1.54) is 29.9 Å². The molecule has 4 heteroatoms. The SMILES string of the molecule is CC.CC(F)(F)c1ccc(CCC=O)nc1.CC12CC3CC(C1)C32. The molecule has 1 heterocycles. The third kappa shape index (κ3) is 3.68. The Morgan fingerprint density at radius 2 is 1.92 bits per heavy atom. The van der Waals surface area contributed by atoms with Gasteiger partial charge in [0.15, 0.2) is 0 Å². The van der Waals surface area contributed by atoms with Crippen LogP contribution in [0.2, 0.25) is 0 Å². The summed E-state index contributed by atoms with van der Waals surface area (Å²) in [5, 5.41) is 0. The van der Waals surface area contributed by atoms with E-state index >= 15 is 0 Å². The molecule has 0 spiro atoms. The van der Waals surface area contributed by atoms with Gasteiger partial charge in [-0.25, -0.2) is 8.78 Å². The van der Waals surface area contributed by atoms with Gasteiger partial charge in [-0.1, -0.05) is 20.8 Å². The zero-order chi connectivity index (χ0) is 18.0. The molecule has 3 fully saturated rings. The van der Waals surface area contributed by atoms with Crippen LogP contribution in [0, 0.1) is 23.2 Å². The molecule has 0 radical (unpaired) electrons. The molecular weight excluding hydrogens is 308 g/mol. The largest absolute Gasteiger partial charge is 0.303 e. The summed E-state index contributed by atoms with van der Waals surface area (Å²) >= 11 is 0. The molecule has 0 aromatic carbocycles. The number of hydrogen-bond acceptors (Lipinski definition) is 2. The second kappa shape index (κ2) is 7.28. The van der Waals surface area contributed by atoms with E-state index in [-0.39, 0.29) is 5.56 Å². The zero-order valence-corrected chi connectivity index (χ0v) is 15.2. The van der Waals surface area contributed by atoms with Crippen LogP contribution < -0.4 is 0 Å². The highest BCUT2D eigenvalue weighted by molar-refractivity contribution is 5.49. The van der Waals surface area contributed by atoms with Gasteiger partial charge in [0.25, 0.3) is 5.92 Å². The van der Waals surface area contributed by atoms with Gasteiger partial charge in [-0.05, 0) is 61.0 Å². The van der Waals surface area contributed by atoms with E-state index in [2.05, 4.69) is 11.9 Å². The molecule has 4 rings (SSSR count). The Hall–Kier alpha value is -1.32. The number of halogens is 2. The van der Waals surface area contributed by atoms with Gasteiger partial charge in [0.1, 0.15) is 6.29 Å². The van der Waals surface area contributed by atoms with Crippen LogP contribution in [-0.4, -0.2) is 11.3 Å². The first kappa shape index (κ1) is 19.0. The van der Waals surface area contributed by atoms with Crippen molar-refractivity contribution < 1.29 is 13.6 Å². The molecule has 1 aromatic heterocycles. The standard InChI is InChI=1S/C10H11F2NO.C8H12.C2H6/c1-10(11,12)8-4-5-9(13-7-8)3-2-6-14;1-8-3-5-2-6(4-8)7(5)8;1-2/h4-7H,2-3H2,1H3;5-7H,2-4H2,1H3;1-2H3. The second-order valence-corrected chi connectivity index (χ2v) is 7.48.